The maximum Gasteiger partial charge on any atom is 0.251 e. The molecule has 3 N–H and O–H groups in total. The van der Waals surface area contributed by atoms with Crippen LogP contribution in [-0.4, -0.2) is 17.4 Å². The predicted octanol–water partition coefficient (Wildman–Crippen LogP) is 2.54. The Hall–Kier alpha value is -1.58. The van der Waals surface area contributed by atoms with Crippen molar-refractivity contribution in [2.24, 2.45) is 0 Å². The number of carbonyl (C=O) groups is 1. The number of pyridine rings is 1. The molecule has 0 saturated heterocycles. The highest BCUT2D eigenvalue weighted by molar-refractivity contribution is 5.94. The van der Waals surface area contributed by atoms with Crippen LogP contribution in [0.1, 0.15) is 55.6 Å². The minimum Gasteiger partial charge on any atom is -0.384 e. The molecule has 0 atom stereocenters. The topological polar surface area (TPSA) is 68.0 Å². The molecule has 0 unspecified atom stereocenters. The van der Waals surface area contributed by atoms with Gasteiger partial charge in [0, 0.05) is 17.8 Å². The van der Waals surface area contributed by atoms with E-state index in [1.54, 1.807) is 6.07 Å². The third kappa shape index (κ3) is 4.73. The van der Waals surface area contributed by atoms with Crippen molar-refractivity contribution in [1.82, 2.24) is 10.3 Å². The summed E-state index contributed by atoms with van der Waals surface area (Å²) in [5.74, 6) is 0.359. The van der Waals surface area contributed by atoms with Crippen molar-refractivity contribution in [3.8, 4) is 0 Å². The Morgan fingerprint density at radius 1 is 1.28 bits per heavy atom. The molecule has 1 aromatic heterocycles. The zero-order chi connectivity index (χ0) is 13.4. The van der Waals surface area contributed by atoms with E-state index < -0.39 is 0 Å². The zero-order valence-electron chi connectivity index (χ0n) is 11.3. The van der Waals surface area contributed by atoms with Gasteiger partial charge in [0.15, 0.2) is 0 Å². The van der Waals surface area contributed by atoms with Crippen LogP contribution in [0.25, 0.3) is 0 Å². The number of anilines is 1. The number of aryl methyl sites for hydroxylation is 1. The van der Waals surface area contributed by atoms with Crippen molar-refractivity contribution in [3.05, 3.63) is 23.4 Å². The number of amides is 1. The predicted molar refractivity (Wildman–Crippen MR) is 74.5 cm³/mol. The number of nitrogens with one attached hydrogen (secondary N) is 1. The number of aromatic nitrogens is 1. The lowest BCUT2D eigenvalue weighted by molar-refractivity contribution is 0.0953. The van der Waals surface area contributed by atoms with Crippen LogP contribution in [0.3, 0.4) is 0 Å². The van der Waals surface area contributed by atoms with Gasteiger partial charge in [-0.25, -0.2) is 4.98 Å². The Labute approximate surface area is 109 Å². The third-order valence-corrected chi connectivity index (χ3v) is 2.73. The first-order chi connectivity index (χ1) is 8.67. The molecule has 4 nitrogen and oxygen atoms in total. The first kappa shape index (κ1) is 14.5. The lowest BCUT2D eigenvalue weighted by atomic mass is 10.1. The second-order valence-corrected chi connectivity index (χ2v) is 4.49. The number of nitrogens with two attached hydrogens (primary N) is 1. The molecule has 0 aliphatic heterocycles. The summed E-state index contributed by atoms with van der Waals surface area (Å²) in [6.07, 6.45) is 5.15. The van der Waals surface area contributed by atoms with Gasteiger partial charge in [-0.3, -0.25) is 4.79 Å². The summed E-state index contributed by atoms with van der Waals surface area (Å²) in [6, 6.07) is 3.46. The van der Waals surface area contributed by atoms with Crippen LogP contribution in [0.15, 0.2) is 12.1 Å². The Kier molecular flexibility index (Phi) is 6.19. The van der Waals surface area contributed by atoms with Gasteiger partial charge in [0.1, 0.15) is 5.82 Å². The Bertz CT molecular complexity index is 391. The molecule has 0 saturated carbocycles. The first-order valence-electron chi connectivity index (χ1n) is 6.72. The monoisotopic (exact) mass is 249 g/mol. The lowest BCUT2D eigenvalue weighted by Gasteiger charge is -2.07. The summed E-state index contributed by atoms with van der Waals surface area (Å²) < 4.78 is 0. The average Bonchev–Trinajstić information content (AvgIpc) is 2.34. The van der Waals surface area contributed by atoms with E-state index in [0.29, 0.717) is 11.4 Å². The number of rotatable bonds is 7. The molecular weight excluding hydrogens is 226 g/mol. The number of carbonyl (C=O) groups excluding carboxylic acids is 1. The molecule has 0 bridgehead atoms. The van der Waals surface area contributed by atoms with Gasteiger partial charge in [-0.15, -0.1) is 0 Å². The van der Waals surface area contributed by atoms with Crippen LogP contribution in [-0.2, 0) is 6.42 Å². The van der Waals surface area contributed by atoms with E-state index in [9.17, 15) is 4.79 Å². The molecule has 0 aliphatic rings. The van der Waals surface area contributed by atoms with Crippen molar-refractivity contribution in [2.75, 3.05) is 12.3 Å². The fourth-order valence-electron chi connectivity index (χ4n) is 1.81. The van der Waals surface area contributed by atoms with E-state index in [1.807, 2.05) is 6.07 Å². The quantitative estimate of drug-likeness (QED) is 0.730. The molecule has 0 fully saturated rings. The molecule has 0 aliphatic carbocycles. The standard InChI is InChI=1S/C14H23N3O/c1-3-5-6-8-16-14(18)11-9-12(7-4-2)17-13(15)10-11/h9-10H,3-8H2,1-2H3,(H2,15,17)(H,16,18). The maximum atomic E-state index is 11.9. The highest BCUT2D eigenvalue weighted by atomic mass is 16.1. The van der Waals surface area contributed by atoms with E-state index in [-0.39, 0.29) is 5.91 Å². The minimum absolute atomic E-state index is 0.0578. The van der Waals surface area contributed by atoms with E-state index in [1.165, 1.54) is 0 Å². The van der Waals surface area contributed by atoms with Crippen molar-refractivity contribution >= 4 is 11.7 Å². The van der Waals surface area contributed by atoms with E-state index in [4.69, 9.17) is 5.73 Å². The Morgan fingerprint density at radius 2 is 2.06 bits per heavy atom. The number of nitrogen functional groups attached to an aromatic ring is 1. The Balaban J connectivity index is 2.61. The van der Waals surface area contributed by atoms with Gasteiger partial charge in [-0.2, -0.15) is 0 Å². The Morgan fingerprint density at radius 3 is 2.72 bits per heavy atom. The van der Waals surface area contributed by atoms with Crippen molar-refractivity contribution in [3.63, 3.8) is 0 Å². The van der Waals surface area contributed by atoms with Gasteiger partial charge in [0.05, 0.1) is 0 Å². The van der Waals surface area contributed by atoms with Crippen LogP contribution >= 0.6 is 0 Å². The van der Waals surface area contributed by atoms with Gasteiger partial charge in [-0.05, 0) is 25.0 Å². The molecule has 100 valence electrons. The van der Waals surface area contributed by atoms with Crippen LogP contribution in [0.5, 0.6) is 0 Å². The molecular formula is C14H23N3O. The summed E-state index contributed by atoms with van der Waals surface area (Å²) >= 11 is 0. The van der Waals surface area contributed by atoms with Crippen molar-refractivity contribution in [1.29, 1.82) is 0 Å². The molecule has 1 heterocycles. The molecule has 18 heavy (non-hydrogen) atoms. The molecule has 0 aromatic carbocycles. The number of hydrogen-bond acceptors (Lipinski definition) is 3. The van der Waals surface area contributed by atoms with Crippen molar-refractivity contribution < 1.29 is 4.79 Å². The SMILES string of the molecule is CCCCCNC(=O)c1cc(N)nc(CCC)c1. The molecule has 1 rings (SSSR count). The maximum absolute atomic E-state index is 11.9. The second kappa shape index (κ2) is 7.69. The smallest absolute Gasteiger partial charge is 0.251 e. The minimum atomic E-state index is -0.0578. The summed E-state index contributed by atoms with van der Waals surface area (Å²) in [6.45, 7) is 4.94. The molecule has 0 spiro atoms. The fraction of sp³-hybridized carbons (Fsp3) is 0.571. The summed E-state index contributed by atoms with van der Waals surface area (Å²) in [5, 5.41) is 2.91. The zero-order valence-corrected chi connectivity index (χ0v) is 11.3. The highest BCUT2D eigenvalue weighted by Crippen LogP contribution is 2.09. The summed E-state index contributed by atoms with van der Waals surface area (Å²) in [4.78, 5) is 16.1. The molecule has 4 heteroatoms. The normalized spacial score (nSPS) is 10.3. The molecule has 1 amide bonds. The van der Waals surface area contributed by atoms with Crippen LogP contribution in [0.4, 0.5) is 5.82 Å². The average molecular weight is 249 g/mol. The molecule has 0 radical (unpaired) electrons. The highest BCUT2D eigenvalue weighted by Gasteiger charge is 2.08. The largest absolute Gasteiger partial charge is 0.384 e. The number of hydrogen-bond donors (Lipinski definition) is 2. The lowest BCUT2D eigenvalue weighted by Crippen LogP contribution is -2.24. The van der Waals surface area contributed by atoms with Gasteiger partial charge in [-0.1, -0.05) is 33.1 Å². The third-order valence-electron chi connectivity index (χ3n) is 2.73. The second-order valence-electron chi connectivity index (χ2n) is 4.49. The summed E-state index contributed by atoms with van der Waals surface area (Å²) in [5.41, 5.74) is 7.21. The van der Waals surface area contributed by atoms with E-state index >= 15 is 0 Å². The first-order valence-corrected chi connectivity index (χ1v) is 6.72. The number of nitrogens with zero attached hydrogens (tertiary/aromatic N) is 1. The van der Waals surface area contributed by atoms with Gasteiger partial charge < -0.3 is 11.1 Å². The van der Waals surface area contributed by atoms with Crippen LogP contribution in [0.2, 0.25) is 0 Å². The van der Waals surface area contributed by atoms with Crippen molar-refractivity contribution in [2.45, 2.75) is 46.0 Å². The van der Waals surface area contributed by atoms with Gasteiger partial charge >= 0.3 is 0 Å². The van der Waals surface area contributed by atoms with E-state index in [0.717, 1.165) is 44.3 Å². The number of unbranched alkanes of at least 4 members (excludes halogenated alkanes) is 2. The van der Waals surface area contributed by atoms with Gasteiger partial charge in [0.2, 0.25) is 0 Å². The fourth-order valence-corrected chi connectivity index (χ4v) is 1.81. The molecule has 1 aromatic rings. The van der Waals surface area contributed by atoms with Gasteiger partial charge in [0.25, 0.3) is 5.91 Å². The van der Waals surface area contributed by atoms with Crippen LogP contribution < -0.4 is 11.1 Å². The van der Waals surface area contributed by atoms with E-state index in [2.05, 4.69) is 24.1 Å². The van der Waals surface area contributed by atoms with Crippen LogP contribution in [0, 0.1) is 0 Å². The summed E-state index contributed by atoms with van der Waals surface area (Å²) in [7, 11) is 0.